The lowest BCUT2D eigenvalue weighted by atomic mass is 9.91. The highest BCUT2D eigenvalue weighted by atomic mass is 19.1. The molecule has 1 nitrogen and oxygen atoms in total. The molecule has 0 amide bonds. The van der Waals surface area contributed by atoms with E-state index < -0.39 is 5.60 Å². The lowest BCUT2D eigenvalue weighted by Gasteiger charge is -2.23. The van der Waals surface area contributed by atoms with Gasteiger partial charge in [0, 0.05) is 12.8 Å². The van der Waals surface area contributed by atoms with Gasteiger partial charge in [0.25, 0.3) is 0 Å². The number of unbranched alkanes of at least 4 members (excludes halogenated alkanes) is 1. The van der Waals surface area contributed by atoms with E-state index in [9.17, 15) is 9.50 Å². The monoisotopic (exact) mass is 220 g/mol. The van der Waals surface area contributed by atoms with Crippen molar-refractivity contribution in [2.75, 3.05) is 0 Å². The Hall–Kier alpha value is -1.33. The molecular weight excluding hydrogens is 203 g/mol. The lowest BCUT2D eigenvalue weighted by Crippen LogP contribution is -2.27. The van der Waals surface area contributed by atoms with Crippen molar-refractivity contribution in [3.05, 3.63) is 35.6 Å². The van der Waals surface area contributed by atoms with Gasteiger partial charge in [0.05, 0.1) is 5.60 Å². The molecule has 1 aromatic rings. The standard InChI is InChI=1S/C14H17FO/c1-3-4-5-9-14(2,16)11-12-7-6-8-13(15)10-12/h1,6-8,10,16H,4-5,9,11H2,2H3. The first-order valence-corrected chi connectivity index (χ1v) is 5.44. The molecule has 1 aromatic carbocycles. The molecule has 0 spiro atoms. The van der Waals surface area contributed by atoms with E-state index in [1.54, 1.807) is 13.0 Å². The van der Waals surface area contributed by atoms with Crippen LogP contribution < -0.4 is 0 Å². The maximum Gasteiger partial charge on any atom is 0.123 e. The van der Waals surface area contributed by atoms with E-state index in [-0.39, 0.29) is 5.82 Å². The van der Waals surface area contributed by atoms with Crippen molar-refractivity contribution in [1.82, 2.24) is 0 Å². The number of rotatable bonds is 5. The summed E-state index contributed by atoms with van der Waals surface area (Å²) in [5, 5.41) is 10.1. The second kappa shape index (κ2) is 5.67. The fourth-order valence-corrected chi connectivity index (χ4v) is 1.75. The van der Waals surface area contributed by atoms with Crippen molar-refractivity contribution in [2.45, 2.75) is 38.2 Å². The highest BCUT2D eigenvalue weighted by Crippen LogP contribution is 2.19. The number of aliphatic hydroxyl groups is 1. The zero-order chi connectivity index (χ0) is 12.0. The first kappa shape index (κ1) is 12.7. The molecule has 0 aromatic heterocycles. The fraction of sp³-hybridized carbons (Fsp3) is 0.429. The number of terminal acetylenes is 1. The molecule has 86 valence electrons. The molecule has 0 heterocycles. The van der Waals surface area contributed by atoms with Gasteiger partial charge in [-0.25, -0.2) is 4.39 Å². The average Bonchev–Trinajstić information content (AvgIpc) is 2.17. The average molecular weight is 220 g/mol. The third-order valence-electron chi connectivity index (χ3n) is 2.51. The molecule has 0 aliphatic carbocycles. The number of hydrogen-bond donors (Lipinski definition) is 1. The smallest absolute Gasteiger partial charge is 0.123 e. The first-order chi connectivity index (χ1) is 7.53. The third-order valence-corrected chi connectivity index (χ3v) is 2.51. The van der Waals surface area contributed by atoms with Gasteiger partial charge in [-0.15, -0.1) is 12.3 Å². The molecule has 0 bridgehead atoms. The number of hydrogen-bond acceptors (Lipinski definition) is 1. The topological polar surface area (TPSA) is 20.2 Å². The molecule has 0 aliphatic heterocycles. The predicted molar refractivity (Wildman–Crippen MR) is 63.4 cm³/mol. The Morgan fingerprint density at radius 2 is 2.25 bits per heavy atom. The summed E-state index contributed by atoms with van der Waals surface area (Å²) in [6.07, 6.45) is 7.69. The van der Waals surface area contributed by atoms with Gasteiger partial charge in [0.15, 0.2) is 0 Å². The van der Waals surface area contributed by atoms with Crippen LogP contribution in [0.5, 0.6) is 0 Å². The third kappa shape index (κ3) is 4.46. The minimum Gasteiger partial charge on any atom is -0.390 e. The maximum atomic E-state index is 12.9. The summed E-state index contributed by atoms with van der Waals surface area (Å²) in [5.74, 6) is 2.28. The fourth-order valence-electron chi connectivity index (χ4n) is 1.75. The SMILES string of the molecule is C#CCCCC(C)(O)Cc1cccc(F)c1. The summed E-state index contributed by atoms with van der Waals surface area (Å²) in [7, 11) is 0. The Bertz CT molecular complexity index is 377. The van der Waals surface area contributed by atoms with E-state index in [0.29, 0.717) is 19.3 Å². The molecule has 0 radical (unpaired) electrons. The normalized spacial score (nSPS) is 14.1. The minimum atomic E-state index is -0.815. The second-order valence-corrected chi connectivity index (χ2v) is 4.36. The molecule has 0 aliphatic rings. The maximum absolute atomic E-state index is 12.9. The van der Waals surface area contributed by atoms with Crippen molar-refractivity contribution in [3.8, 4) is 12.3 Å². The molecule has 1 atom stereocenters. The van der Waals surface area contributed by atoms with E-state index in [1.807, 2.05) is 6.07 Å². The molecule has 1 N–H and O–H groups in total. The predicted octanol–water partition coefficient (Wildman–Crippen LogP) is 2.92. The van der Waals surface area contributed by atoms with Crippen LogP contribution >= 0.6 is 0 Å². The van der Waals surface area contributed by atoms with Crippen LogP contribution in [0.2, 0.25) is 0 Å². The van der Waals surface area contributed by atoms with Gasteiger partial charge in [-0.1, -0.05) is 12.1 Å². The summed E-state index contributed by atoms with van der Waals surface area (Å²) >= 11 is 0. The molecule has 1 unspecified atom stereocenters. The molecule has 0 saturated heterocycles. The van der Waals surface area contributed by atoms with E-state index in [4.69, 9.17) is 6.42 Å². The Balaban J connectivity index is 2.55. The van der Waals surface area contributed by atoms with Crippen LogP contribution in [0.4, 0.5) is 4.39 Å². The van der Waals surface area contributed by atoms with Gasteiger partial charge in [-0.2, -0.15) is 0 Å². The van der Waals surface area contributed by atoms with E-state index in [2.05, 4.69) is 5.92 Å². The van der Waals surface area contributed by atoms with Crippen LogP contribution in [-0.4, -0.2) is 10.7 Å². The lowest BCUT2D eigenvalue weighted by molar-refractivity contribution is 0.0496. The Labute approximate surface area is 96.3 Å². The van der Waals surface area contributed by atoms with E-state index in [1.165, 1.54) is 12.1 Å². The highest BCUT2D eigenvalue weighted by Gasteiger charge is 2.20. The van der Waals surface area contributed by atoms with Crippen LogP contribution in [0.25, 0.3) is 0 Å². The summed E-state index contributed by atoms with van der Waals surface area (Å²) in [5.41, 5.74) is -0.00400. The minimum absolute atomic E-state index is 0.267. The molecule has 16 heavy (non-hydrogen) atoms. The van der Waals surface area contributed by atoms with Crippen molar-refractivity contribution >= 4 is 0 Å². The summed E-state index contributed by atoms with van der Waals surface area (Å²) in [4.78, 5) is 0. The first-order valence-electron chi connectivity index (χ1n) is 5.44. The van der Waals surface area contributed by atoms with Gasteiger partial charge in [-0.3, -0.25) is 0 Å². The number of halogens is 1. The van der Waals surface area contributed by atoms with Crippen molar-refractivity contribution < 1.29 is 9.50 Å². The van der Waals surface area contributed by atoms with Gasteiger partial charge in [0.2, 0.25) is 0 Å². The molecule has 2 heteroatoms. The van der Waals surface area contributed by atoms with Crippen LogP contribution in [0, 0.1) is 18.2 Å². The van der Waals surface area contributed by atoms with Crippen molar-refractivity contribution in [2.24, 2.45) is 0 Å². The Kier molecular flexibility index (Phi) is 4.52. The van der Waals surface area contributed by atoms with Crippen molar-refractivity contribution in [1.29, 1.82) is 0 Å². The zero-order valence-corrected chi connectivity index (χ0v) is 9.54. The second-order valence-electron chi connectivity index (χ2n) is 4.36. The summed E-state index contributed by atoms with van der Waals surface area (Å²) in [6, 6.07) is 6.33. The molecular formula is C14H17FO. The zero-order valence-electron chi connectivity index (χ0n) is 9.54. The van der Waals surface area contributed by atoms with Gasteiger partial charge < -0.3 is 5.11 Å². The largest absolute Gasteiger partial charge is 0.390 e. The molecule has 1 rings (SSSR count). The van der Waals surface area contributed by atoms with E-state index in [0.717, 1.165) is 12.0 Å². The molecule has 0 saturated carbocycles. The van der Waals surface area contributed by atoms with Crippen LogP contribution in [-0.2, 0) is 6.42 Å². The summed E-state index contributed by atoms with van der Waals surface area (Å²) < 4.78 is 12.9. The van der Waals surface area contributed by atoms with Gasteiger partial charge >= 0.3 is 0 Å². The van der Waals surface area contributed by atoms with E-state index >= 15 is 0 Å². The summed E-state index contributed by atoms with van der Waals surface area (Å²) in [6.45, 7) is 1.76. The van der Waals surface area contributed by atoms with Crippen LogP contribution in [0.3, 0.4) is 0 Å². The Morgan fingerprint density at radius 3 is 2.88 bits per heavy atom. The van der Waals surface area contributed by atoms with Gasteiger partial charge in [-0.05, 0) is 37.5 Å². The van der Waals surface area contributed by atoms with Crippen LogP contribution in [0.1, 0.15) is 31.7 Å². The quantitative estimate of drug-likeness (QED) is 0.597. The van der Waals surface area contributed by atoms with Gasteiger partial charge in [0.1, 0.15) is 5.82 Å². The van der Waals surface area contributed by atoms with Crippen LogP contribution in [0.15, 0.2) is 24.3 Å². The number of benzene rings is 1. The Morgan fingerprint density at radius 1 is 1.50 bits per heavy atom. The van der Waals surface area contributed by atoms with Crippen molar-refractivity contribution in [3.63, 3.8) is 0 Å². The highest BCUT2D eigenvalue weighted by molar-refractivity contribution is 5.18. The molecule has 0 fully saturated rings.